The topological polar surface area (TPSA) is 73.2 Å². The van der Waals surface area contributed by atoms with Crippen LogP contribution in [0.1, 0.15) is 0 Å². The number of anilines is 1. The number of ether oxygens (including phenoxy) is 1. The zero-order valence-corrected chi connectivity index (χ0v) is 15.5. The molecule has 3 rings (SSSR count). The van der Waals surface area contributed by atoms with Crippen molar-refractivity contribution in [2.45, 2.75) is 6.18 Å². The number of rotatable bonds is 5. The highest BCUT2D eigenvalue weighted by Crippen LogP contribution is 2.36. The van der Waals surface area contributed by atoms with Crippen LogP contribution in [0.15, 0.2) is 36.4 Å². The first kappa shape index (κ1) is 19.9. The van der Waals surface area contributed by atoms with E-state index in [1.165, 1.54) is 22.9 Å². The minimum atomic E-state index is -4.61. The highest BCUT2D eigenvalue weighted by Gasteiger charge is 2.29. The number of nitrogens with one attached hydrogen (secondary N) is 1. The van der Waals surface area contributed by atoms with Crippen LogP contribution in [0.4, 0.5) is 23.4 Å². The van der Waals surface area contributed by atoms with Crippen molar-refractivity contribution in [3.05, 3.63) is 42.2 Å². The zero-order valence-electron chi connectivity index (χ0n) is 14.7. The Labute approximate surface area is 157 Å². The van der Waals surface area contributed by atoms with Crippen LogP contribution in [0.3, 0.4) is 0 Å². The van der Waals surface area contributed by atoms with Crippen LogP contribution in [0, 0.1) is 5.82 Å². The summed E-state index contributed by atoms with van der Waals surface area (Å²) < 4.78 is 82.9. The number of aryl methyl sites for hydroxylation is 1. The number of hydrogen-bond donors (Lipinski definition) is 1. The first-order valence-electron chi connectivity index (χ1n) is 7.87. The lowest BCUT2D eigenvalue weighted by Crippen LogP contribution is -2.20. The normalized spacial score (nSPS) is 12.4. The summed E-state index contributed by atoms with van der Waals surface area (Å²) in [5.41, 5.74) is 1.01. The number of aromatic nitrogens is 2. The molecule has 0 aliphatic rings. The molecule has 28 heavy (non-hydrogen) atoms. The van der Waals surface area contributed by atoms with Crippen molar-refractivity contribution in [2.75, 3.05) is 17.6 Å². The Morgan fingerprint density at radius 2 is 1.93 bits per heavy atom. The maximum absolute atomic E-state index is 14.1. The zero-order chi connectivity index (χ0) is 20.7. The molecule has 2 aromatic carbocycles. The lowest BCUT2D eigenvalue weighted by atomic mass is 10.0. The van der Waals surface area contributed by atoms with Crippen LogP contribution in [-0.2, 0) is 17.1 Å². The molecule has 11 heteroatoms. The fraction of sp³-hybridized carbons (Fsp3) is 0.235. The third-order valence-electron chi connectivity index (χ3n) is 3.79. The standard InChI is InChI=1S/C17H15F4N3O3S/c1-24-14-8-10(6-7-12(14)16(22-24)23-28(2,25)26)11-4-3-5-13(18)15(11)27-9-17(19,20)21/h3-8H,9H2,1-2H3,(H,22,23). The third kappa shape index (κ3) is 4.35. The second-order valence-electron chi connectivity index (χ2n) is 6.10. The fourth-order valence-electron chi connectivity index (χ4n) is 2.71. The molecule has 1 heterocycles. The number of fused-ring (bicyclic) bond motifs is 1. The first-order valence-corrected chi connectivity index (χ1v) is 9.77. The highest BCUT2D eigenvalue weighted by atomic mass is 32.2. The number of benzene rings is 2. The average molecular weight is 417 g/mol. The molecule has 0 amide bonds. The van der Waals surface area contributed by atoms with Crippen LogP contribution < -0.4 is 9.46 Å². The monoisotopic (exact) mass is 417 g/mol. The molecular weight excluding hydrogens is 402 g/mol. The minimum Gasteiger partial charge on any atom is -0.480 e. The molecule has 0 unspecified atom stereocenters. The number of halogens is 4. The molecule has 0 radical (unpaired) electrons. The van der Waals surface area contributed by atoms with Gasteiger partial charge in [-0.15, -0.1) is 0 Å². The van der Waals surface area contributed by atoms with Gasteiger partial charge in [0.25, 0.3) is 0 Å². The van der Waals surface area contributed by atoms with E-state index in [1.807, 2.05) is 0 Å². The van der Waals surface area contributed by atoms with E-state index < -0.39 is 34.4 Å². The summed E-state index contributed by atoms with van der Waals surface area (Å²) in [6.07, 6.45) is -3.63. The highest BCUT2D eigenvalue weighted by molar-refractivity contribution is 7.92. The summed E-state index contributed by atoms with van der Waals surface area (Å²) in [5.74, 6) is -1.33. The third-order valence-corrected chi connectivity index (χ3v) is 4.36. The molecule has 0 atom stereocenters. The van der Waals surface area contributed by atoms with E-state index in [4.69, 9.17) is 0 Å². The molecule has 1 aromatic heterocycles. The van der Waals surface area contributed by atoms with Crippen molar-refractivity contribution in [3.63, 3.8) is 0 Å². The molecule has 1 N–H and O–H groups in total. The van der Waals surface area contributed by atoms with Gasteiger partial charge in [-0.25, -0.2) is 12.8 Å². The van der Waals surface area contributed by atoms with Gasteiger partial charge in [-0.2, -0.15) is 18.3 Å². The largest absolute Gasteiger partial charge is 0.480 e. The Morgan fingerprint density at radius 3 is 2.57 bits per heavy atom. The maximum atomic E-state index is 14.1. The van der Waals surface area contributed by atoms with Gasteiger partial charge >= 0.3 is 6.18 Å². The van der Waals surface area contributed by atoms with Crippen molar-refractivity contribution in [1.82, 2.24) is 9.78 Å². The van der Waals surface area contributed by atoms with Crippen molar-refractivity contribution >= 4 is 26.7 Å². The number of sulfonamides is 1. The van der Waals surface area contributed by atoms with E-state index in [1.54, 1.807) is 19.2 Å². The van der Waals surface area contributed by atoms with E-state index in [0.29, 0.717) is 16.5 Å². The molecule has 0 bridgehead atoms. The van der Waals surface area contributed by atoms with Gasteiger partial charge in [-0.3, -0.25) is 9.40 Å². The number of hydrogen-bond acceptors (Lipinski definition) is 4. The average Bonchev–Trinajstić information content (AvgIpc) is 2.86. The molecule has 6 nitrogen and oxygen atoms in total. The number of nitrogens with zero attached hydrogens (tertiary/aromatic N) is 2. The van der Waals surface area contributed by atoms with Crippen LogP contribution >= 0.6 is 0 Å². The Hall–Kier alpha value is -2.82. The summed E-state index contributed by atoms with van der Waals surface area (Å²) in [5, 5.41) is 4.57. The molecule has 0 fully saturated rings. The van der Waals surface area contributed by atoms with Crippen LogP contribution in [0.5, 0.6) is 5.75 Å². The Balaban J connectivity index is 2.08. The molecular formula is C17H15F4N3O3S. The lowest BCUT2D eigenvalue weighted by Gasteiger charge is -2.14. The summed E-state index contributed by atoms with van der Waals surface area (Å²) >= 11 is 0. The second kappa shape index (κ2) is 6.97. The lowest BCUT2D eigenvalue weighted by molar-refractivity contribution is -0.153. The molecule has 0 saturated heterocycles. The SMILES string of the molecule is Cn1nc(NS(C)(=O)=O)c2ccc(-c3cccc(F)c3OCC(F)(F)F)cc21. The molecule has 150 valence electrons. The van der Waals surface area contributed by atoms with Crippen molar-refractivity contribution < 1.29 is 30.7 Å². The Bertz CT molecular complexity index is 1140. The van der Waals surface area contributed by atoms with E-state index in [0.717, 1.165) is 12.3 Å². The van der Waals surface area contributed by atoms with Gasteiger partial charge in [-0.1, -0.05) is 18.2 Å². The van der Waals surface area contributed by atoms with Crippen LogP contribution in [0.25, 0.3) is 22.0 Å². The second-order valence-corrected chi connectivity index (χ2v) is 7.85. The summed E-state index contributed by atoms with van der Waals surface area (Å²) in [7, 11) is -1.98. The first-order chi connectivity index (χ1) is 12.9. The van der Waals surface area contributed by atoms with Crippen molar-refractivity contribution in [2.24, 2.45) is 7.05 Å². The van der Waals surface area contributed by atoms with Crippen molar-refractivity contribution in [1.29, 1.82) is 0 Å². The summed E-state index contributed by atoms with van der Waals surface area (Å²) in [6, 6.07) is 8.42. The van der Waals surface area contributed by atoms with Gasteiger partial charge < -0.3 is 4.74 Å². The van der Waals surface area contributed by atoms with Crippen LogP contribution in [-0.4, -0.2) is 37.2 Å². The van der Waals surface area contributed by atoms with Gasteiger partial charge in [0.2, 0.25) is 10.0 Å². The Morgan fingerprint density at radius 1 is 1.21 bits per heavy atom. The molecule has 3 aromatic rings. The quantitative estimate of drug-likeness (QED) is 0.643. The predicted molar refractivity (Wildman–Crippen MR) is 96.1 cm³/mol. The number of alkyl halides is 3. The molecule has 0 spiro atoms. The van der Waals surface area contributed by atoms with E-state index in [9.17, 15) is 26.0 Å². The number of para-hydroxylation sites is 1. The summed E-state index contributed by atoms with van der Waals surface area (Å²) in [4.78, 5) is 0. The van der Waals surface area contributed by atoms with Gasteiger partial charge in [0.1, 0.15) is 0 Å². The van der Waals surface area contributed by atoms with Crippen LogP contribution in [0.2, 0.25) is 0 Å². The minimum absolute atomic E-state index is 0.110. The van der Waals surface area contributed by atoms with E-state index >= 15 is 0 Å². The predicted octanol–water partition coefficient (Wildman–Crippen LogP) is 3.69. The molecule has 0 aliphatic heterocycles. The molecule has 0 aliphatic carbocycles. The fourth-order valence-corrected chi connectivity index (χ4v) is 3.21. The van der Waals surface area contributed by atoms with E-state index in [2.05, 4.69) is 14.6 Å². The van der Waals surface area contributed by atoms with Gasteiger partial charge in [0.15, 0.2) is 24.0 Å². The Kier molecular flexibility index (Phi) is 4.96. The molecule has 0 saturated carbocycles. The van der Waals surface area contributed by atoms with Gasteiger partial charge in [-0.05, 0) is 23.8 Å². The maximum Gasteiger partial charge on any atom is 0.422 e. The smallest absolute Gasteiger partial charge is 0.422 e. The van der Waals surface area contributed by atoms with Gasteiger partial charge in [0, 0.05) is 18.0 Å². The van der Waals surface area contributed by atoms with E-state index in [-0.39, 0.29) is 11.4 Å². The van der Waals surface area contributed by atoms with Gasteiger partial charge in [0.05, 0.1) is 11.8 Å². The van der Waals surface area contributed by atoms with Crippen molar-refractivity contribution in [3.8, 4) is 16.9 Å². The summed E-state index contributed by atoms with van der Waals surface area (Å²) in [6.45, 7) is -1.63.